The molecule has 0 saturated heterocycles. The Morgan fingerprint density at radius 1 is 0.443 bits per heavy atom. The van der Waals surface area contributed by atoms with E-state index in [-0.39, 0.29) is 23.0 Å². The first-order chi connectivity index (χ1) is 29.0. The molecule has 8 aromatic rings. The molecule has 1 aromatic heterocycles. The number of para-hydroxylation sites is 1. The summed E-state index contributed by atoms with van der Waals surface area (Å²) in [6, 6.07) is 56.9. The summed E-state index contributed by atoms with van der Waals surface area (Å²) >= 11 is 0. The van der Waals surface area contributed by atoms with Gasteiger partial charge in [-0.1, -0.05) is 147 Å². The minimum absolute atomic E-state index is 0.0194. The highest BCUT2D eigenvalue weighted by Crippen LogP contribution is 2.48. The summed E-state index contributed by atoms with van der Waals surface area (Å²) in [6.45, 7) is 23.0. The second-order valence-electron chi connectivity index (χ2n) is 20.4. The topological polar surface area (TPSA) is 19.6 Å². The van der Waals surface area contributed by atoms with E-state index in [2.05, 4.69) is 225 Å². The molecule has 10 rings (SSSR count). The van der Waals surface area contributed by atoms with Gasteiger partial charge in [0.2, 0.25) is 0 Å². The van der Waals surface area contributed by atoms with Crippen LogP contribution in [-0.2, 0) is 16.2 Å². The van der Waals surface area contributed by atoms with E-state index in [1.54, 1.807) is 0 Å². The fourth-order valence-corrected chi connectivity index (χ4v) is 9.58. The average Bonchev–Trinajstić information content (AvgIpc) is 3.67. The summed E-state index contributed by atoms with van der Waals surface area (Å²) in [7, 11) is 0. The zero-order valence-electron chi connectivity index (χ0n) is 37.3. The van der Waals surface area contributed by atoms with E-state index in [1.807, 2.05) is 6.07 Å². The summed E-state index contributed by atoms with van der Waals surface area (Å²) in [5.41, 5.74) is 20.6. The van der Waals surface area contributed by atoms with Crippen LogP contribution in [0, 0.1) is 6.92 Å². The maximum Gasteiger partial charge on any atom is 0.252 e. The molecule has 0 spiro atoms. The highest BCUT2D eigenvalue weighted by molar-refractivity contribution is 7.00. The van der Waals surface area contributed by atoms with Gasteiger partial charge in [0, 0.05) is 45.0 Å². The molecule has 61 heavy (non-hydrogen) atoms. The van der Waals surface area contributed by atoms with Crippen LogP contribution in [0.15, 0.2) is 156 Å². The van der Waals surface area contributed by atoms with E-state index in [0.29, 0.717) is 0 Å². The molecule has 2 aliphatic heterocycles. The second-order valence-corrected chi connectivity index (χ2v) is 20.4. The van der Waals surface area contributed by atoms with Crippen LogP contribution in [-0.4, -0.2) is 6.71 Å². The van der Waals surface area contributed by atoms with Crippen molar-refractivity contribution in [2.45, 2.75) is 85.5 Å². The zero-order valence-corrected chi connectivity index (χ0v) is 37.3. The maximum absolute atomic E-state index is 6.59. The van der Waals surface area contributed by atoms with Crippen molar-refractivity contribution in [1.29, 1.82) is 0 Å². The summed E-state index contributed by atoms with van der Waals surface area (Å²) < 4.78 is 6.59. The van der Waals surface area contributed by atoms with Crippen LogP contribution in [0.25, 0.3) is 33.4 Å². The van der Waals surface area contributed by atoms with Gasteiger partial charge in [0.15, 0.2) is 0 Å². The number of aryl methyl sites for hydroxylation is 1. The molecule has 7 aromatic carbocycles. The first-order valence-electron chi connectivity index (χ1n) is 21.9. The first-order valence-corrected chi connectivity index (χ1v) is 21.9. The lowest BCUT2D eigenvalue weighted by Crippen LogP contribution is -2.61. The number of rotatable bonds is 4. The molecule has 302 valence electrons. The minimum atomic E-state index is -0.0381. The Kier molecular flexibility index (Phi) is 8.86. The van der Waals surface area contributed by atoms with Crippen molar-refractivity contribution >= 4 is 68.2 Å². The molecule has 0 amide bonds. The molecule has 4 heteroatoms. The highest BCUT2D eigenvalue weighted by atomic mass is 16.3. The SMILES string of the molecule is Cc1cc2c3c(c1)N(c1ccc(C(C)(C)C)cc1-c1ccccc1)c1ccc(-c4cc5ccccc5o4)cc1B3c1cc(C(C)(C)C)ccc1N2c1ccc(C(C)(C)C)cc1. The fourth-order valence-electron chi connectivity index (χ4n) is 9.58. The van der Waals surface area contributed by atoms with Crippen LogP contribution in [0.3, 0.4) is 0 Å². The lowest BCUT2D eigenvalue weighted by atomic mass is 9.33. The third-order valence-electron chi connectivity index (χ3n) is 13.0. The Bertz CT molecular complexity index is 2960. The van der Waals surface area contributed by atoms with E-state index < -0.39 is 0 Å². The van der Waals surface area contributed by atoms with Crippen molar-refractivity contribution < 1.29 is 4.42 Å². The molecule has 3 heterocycles. The molecule has 3 nitrogen and oxygen atoms in total. The van der Waals surface area contributed by atoms with Crippen LogP contribution < -0.4 is 26.2 Å². The van der Waals surface area contributed by atoms with Crippen molar-refractivity contribution in [2.24, 2.45) is 0 Å². The van der Waals surface area contributed by atoms with Gasteiger partial charge in [-0.2, -0.15) is 0 Å². The number of fused-ring (bicyclic) bond motifs is 5. The summed E-state index contributed by atoms with van der Waals surface area (Å²) in [4.78, 5) is 5.10. The molecule has 0 radical (unpaired) electrons. The zero-order chi connectivity index (χ0) is 42.6. The van der Waals surface area contributed by atoms with Crippen LogP contribution >= 0.6 is 0 Å². The summed E-state index contributed by atoms with van der Waals surface area (Å²) in [5.74, 6) is 0.880. The first kappa shape index (κ1) is 38.9. The molecule has 0 fully saturated rings. The average molecular weight is 795 g/mol. The highest BCUT2D eigenvalue weighted by Gasteiger charge is 2.44. The smallest absolute Gasteiger partial charge is 0.252 e. The van der Waals surface area contributed by atoms with E-state index in [0.717, 1.165) is 28.0 Å². The molecular formula is C57H55BN2O. The van der Waals surface area contributed by atoms with Gasteiger partial charge in [0.25, 0.3) is 6.71 Å². The molecule has 0 N–H and O–H groups in total. The van der Waals surface area contributed by atoms with E-state index in [1.165, 1.54) is 78.2 Å². The minimum Gasteiger partial charge on any atom is -0.456 e. The Balaban J connectivity index is 1.30. The third-order valence-corrected chi connectivity index (χ3v) is 13.0. The van der Waals surface area contributed by atoms with Gasteiger partial charge in [-0.3, -0.25) is 0 Å². The summed E-state index contributed by atoms with van der Waals surface area (Å²) in [6.07, 6.45) is 0. The van der Waals surface area contributed by atoms with E-state index in [4.69, 9.17) is 4.42 Å². The molecule has 0 saturated carbocycles. The van der Waals surface area contributed by atoms with Gasteiger partial charge >= 0.3 is 0 Å². The maximum atomic E-state index is 6.59. The van der Waals surface area contributed by atoms with Crippen molar-refractivity contribution in [3.05, 3.63) is 174 Å². The van der Waals surface area contributed by atoms with Gasteiger partial charge in [-0.25, -0.2) is 0 Å². The lowest BCUT2D eigenvalue weighted by molar-refractivity contribution is 0.590. The number of anilines is 6. The van der Waals surface area contributed by atoms with Crippen molar-refractivity contribution in [3.8, 4) is 22.5 Å². The fraction of sp³-hybridized carbons (Fsp3) is 0.228. The van der Waals surface area contributed by atoms with Gasteiger partial charge in [0.1, 0.15) is 11.3 Å². The molecule has 2 aliphatic rings. The number of benzene rings is 7. The number of hydrogen-bond acceptors (Lipinski definition) is 3. The monoisotopic (exact) mass is 794 g/mol. The van der Waals surface area contributed by atoms with Crippen molar-refractivity contribution in [1.82, 2.24) is 0 Å². The third kappa shape index (κ3) is 6.59. The molecular weight excluding hydrogens is 739 g/mol. The van der Waals surface area contributed by atoms with Crippen molar-refractivity contribution in [2.75, 3.05) is 9.80 Å². The quantitative estimate of drug-likeness (QED) is 0.165. The second kappa shape index (κ2) is 13.9. The molecule has 0 aliphatic carbocycles. The Morgan fingerprint density at radius 3 is 1.67 bits per heavy atom. The largest absolute Gasteiger partial charge is 0.456 e. The van der Waals surface area contributed by atoms with Crippen LogP contribution in [0.1, 0.15) is 84.6 Å². The van der Waals surface area contributed by atoms with E-state index >= 15 is 0 Å². The summed E-state index contributed by atoms with van der Waals surface area (Å²) in [5, 5.41) is 1.11. The standard InChI is InChI=1S/C57H55BN2O/c1-36-30-50-54-51(31-36)60(47-28-23-41(56(5,6)7)34-44(47)37-16-12-11-13-17-37)49-27-20-39(53-33-38-18-14-15-19-52(38)61-53)32-45(49)58(54)46-35-42(57(8,9)10)24-29-48(46)59(50)43-25-21-40(22-26-43)55(2,3)4/h11-35H,1-10H3. The Labute approximate surface area is 362 Å². The number of furan rings is 1. The molecule has 0 bridgehead atoms. The van der Waals surface area contributed by atoms with E-state index in [9.17, 15) is 0 Å². The van der Waals surface area contributed by atoms with Gasteiger partial charge in [0.05, 0.1) is 5.69 Å². The van der Waals surface area contributed by atoms with Gasteiger partial charge in [-0.05, 0) is 134 Å². The predicted octanol–water partition coefficient (Wildman–Crippen LogP) is 14.1. The number of nitrogens with zero attached hydrogens (tertiary/aromatic N) is 2. The van der Waals surface area contributed by atoms with Gasteiger partial charge < -0.3 is 14.2 Å². The van der Waals surface area contributed by atoms with Crippen LogP contribution in [0.4, 0.5) is 34.1 Å². The molecule has 0 atom stereocenters. The normalized spacial score (nSPS) is 13.6. The van der Waals surface area contributed by atoms with Crippen molar-refractivity contribution in [3.63, 3.8) is 0 Å². The van der Waals surface area contributed by atoms with Gasteiger partial charge in [-0.15, -0.1) is 0 Å². The predicted molar refractivity (Wildman–Crippen MR) is 262 cm³/mol. The lowest BCUT2D eigenvalue weighted by Gasteiger charge is -2.45. The van der Waals surface area contributed by atoms with Crippen LogP contribution in [0.2, 0.25) is 0 Å². The molecule has 0 unspecified atom stereocenters. The number of hydrogen-bond donors (Lipinski definition) is 0. The Morgan fingerprint density at radius 2 is 1.00 bits per heavy atom. The Hall–Kier alpha value is -6.26. The van der Waals surface area contributed by atoms with Crippen LogP contribution in [0.5, 0.6) is 0 Å².